The number of carbonyl (C=O) groups is 1. The maximum Gasteiger partial charge on any atom is 0.243 e. The Balaban J connectivity index is 1.37. The first-order valence-electron chi connectivity index (χ1n) is 10.5. The zero-order chi connectivity index (χ0) is 20.3. The van der Waals surface area contributed by atoms with E-state index in [1.165, 1.54) is 9.87 Å². The Kier molecular flexibility index (Phi) is 6.01. The van der Waals surface area contributed by atoms with Crippen LogP contribution < -0.4 is 0 Å². The van der Waals surface area contributed by atoms with Crippen molar-refractivity contribution in [2.45, 2.75) is 43.0 Å². The van der Waals surface area contributed by atoms with E-state index in [9.17, 15) is 13.2 Å². The number of sulfonamides is 1. The van der Waals surface area contributed by atoms with Crippen molar-refractivity contribution in [2.75, 3.05) is 19.6 Å². The maximum atomic E-state index is 13.2. The molecule has 29 heavy (non-hydrogen) atoms. The summed E-state index contributed by atoms with van der Waals surface area (Å²) in [6.07, 6.45) is 4.18. The van der Waals surface area contributed by atoms with Crippen LogP contribution in [0, 0.1) is 5.92 Å². The van der Waals surface area contributed by atoms with Crippen molar-refractivity contribution in [3.05, 3.63) is 66.2 Å². The van der Waals surface area contributed by atoms with E-state index in [2.05, 4.69) is 17.0 Å². The highest BCUT2D eigenvalue weighted by atomic mass is 32.2. The van der Waals surface area contributed by atoms with Gasteiger partial charge in [-0.25, -0.2) is 8.42 Å². The second-order valence-corrected chi connectivity index (χ2v) is 9.95. The van der Waals surface area contributed by atoms with Crippen LogP contribution in [0.15, 0.2) is 65.6 Å². The zero-order valence-electron chi connectivity index (χ0n) is 16.6. The van der Waals surface area contributed by atoms with E-state index in [0.717, 1.165) is 25.8 Å². The predicted octanol–water partition coefficient (Wildman–Crippen LogP) is 3.32. The molecular formula is C23H28N2O3S. The summed E-state index contributed by atoms with van der Waals surface area (Å²) in [4.78, 5) is 15.6. The van der Waals surface area contributed by atoms with E-state index >= 15 is 0 Å². The number of rotatable bonds is 5. The molecule has 0 spiro atoms. The van der Waals surface area contributed by atoms with Crippen molar-refractivity contribution < 1.29 is 13.2 Å². The molecule has 2 aromatic carbocycles. The molecule has 1 amide bonds. The Bertz CT molecular complexity index is 923. The number of hydrogen-bond acceptors (Lipinski definition) is 3. The molecule has 2 saturated heterocycles. The largest absolute Gasteiger partial charge is 0.339 e. The van der Waals surface area contributed by atoms with Crippen LogP contribution in [0.4, 0.5) is 0 Å². The highest BCUT2D eigenvalue weighted by molar-refractivity contribution is 7.89. The average molecular weight is 413 g/mol. The van der Waals surface area contributed by atoms with E-state index in [1.807, 2.05) is 24.3 Å². The second kappa shape index (κ2) is 8.67. The molecule has 2 aliphatic heterocycles. The van der Waals surface area contributed by atoms with E-state index in [-0.39, 0.29) is 17.9 Å². The number of piperidine rings is 1. The van der Waals surface area contributed by atoms with Crippen molar-refractivity contribution in [2.24, 2.45) is 5.92 Å². The normalized spacial score (nSPS) is 21.4. The first-order chi connectivity index (χ1) is 14.1. The van der Waals surface area contributed by atoms with Crippen molar-refractivity contribution in [3.8, 4) is 0 Å². The van der Waals surface area contributed by atoms with Gasteiger partial charge >= 0.3 is 0 Å². The Morgan fingerprint density at radius 3 is 2.14 bits per heavy atom. The van der Waals surface area contributed by atoms with Gasteiger partial charge in [0.15, 0.2) is 0 Å². The van der Waals surface area contributed by atoms with Crippen LogP contribution in [0.1, 0.15) is 31.2 Å². The van der Waals surface area contributed by atoms with Gasteiger partial charge in [0.2, 0.25) is 15.9 Å². The third-order valence-corrected chi connectivity index (χ3v) is 8.07. The fraction of sp³-hybridized carbons (Fsp3) is 0.435. The van der Waals surface area contributed by atoms with Crippen molar-refractivity contribution in [3.63, 3.8) is 0 Å². The topological polar surface area (TPSA) is 57.7 Å². The Labute approximate surface area is 173 Å². The van der Waals surface area contributed by atoms with Gasteiger partial charge in [0.1, 0.15) is 0 Å². The molecule has 2 aromatic rings. The highest BCUT2D eigenvalue weighted by Crippen LogP contribution is 2.29. The second-order valence-electron chi connectivity index (χ2n) is 8.01. The smallest absolute Gasteiger partial charge is 0.243 e. The van der Waals surface area contributed by atoms with Gasteiger partial charge in [0.25, 0.3) is 0 Å². The van der Waals surface area contributed by atoms with Gasteiger partial charge in [-0.3, -0.25) is 4.79 Å². The summed E-state index contributed by atoms with van der Waals surface area (Å²) in [6.45, 7) is 1.63. The van der Waals surface area contributed by atoms with Crippen LogP contribution in [0.2, 0.25) is 0 Å². The predicted molar refractivity (Wildman–Crippen MR) is 113 cm³/mol. The lowest BCUT2D eigenvalue weighted by Crippen LogP contribution is -2.46. The minimum Gasteiger partial charge on any atom is -0.339 e. The van der Waals surface area contributed by atoms with Crippen molar-refractivity contribution >= 4 is 15.9 Å². The van der Waals surface area contributed by atoms with Crippen LogP contribution in [-0.4, -0.2) is 49.2 Å². The van der Waals surface area contributed by atoms with Gasteiger partial charge in [0.05, 0.1) is 4.90 Å². The van der Waals surface area contributed by atoms with Crippen molar-refractivity contribution in [1.29, 1.82) is 0 Å². The minimum atomic E-state index is -3.47. The summed E-state index contributed by atoms with van der Waals surface area (Å²) < 4.78 is 27.1. The Morgan fingerprint density at radius 1 is 0.862 bits per heavy atom. The zero-order valence-corrected chi connectivity index (χ0v) is 17.4. The molecule has 0 aliphatic carbocycles. The molecule has 6 heteroatoms. The SMILES string of the molecule is O=C(C1CCN(S(=O)(=O)c2ccccc2)CC1)N1CCCC1Cc1ccccc1. The molecule has 0 aromatic heterocycles. The van der Waals surface area contributed by atoms with E-state index in [0.29, 0.717) is 30.8 Å². The number of amides is 1. The number of likely N-dealkylation sites (tertiary alicyclic amines) is 1. The summed E-state index contributed by atoms with van der Waals surface area (Å²) in [5.41, 5.74) is 1.26. The molecule has 2 fully saturated rings. The standard InChI is InChI=1S/C23H28N2O3S/c26-23(25-15-7-10-21(25)18-19-8-3-1-4-9-19)20-13-16-24(17-14-20)29(27,28)22-11-5-2-6-12-22/h1-6,8-9,11-12,20-21H,7,10,13-18H2. The fourth-order valence-corrected chi connectivity index (χ4v) is 6.03. The summed E-state index contributed by atoms with van der Waals surface area (Å²) in [5.74, 6) is 0.133. The molecule has 154 valence electrons. The summed E-state index contributed by atoms with van der Waals surface area (Å²) in [6, 6.07) is 19.1. The molecular weight excluding hydrogens is 384 g/mol. The molecule has 0 radical (unpaired) electrons. The molecule has 5 nitrogen and oxygen atoms in total. The molecule has 2 aliphatic rings. The third kappa shape index (κ3) is 4.38. The lowest BCUT2D eigenvalue weighted by Gasteiger charge is -2.34. The number of nitrogens with zero attached hydrogens (tertiary/aromatic N) is 2. The van der Waals surface area contributed by atoms with E-state index < -0.39 is 10.0 Å². The molecule has 2 heterocycles. The highest BCUT2D eigenvalue weighted by Gasteiger charge is 2.37. The third-order valence-electron chi connectivity index (χ3n) is 6.16. The van der Waals surface area contributed by atoms with Gasteiger partial charge in [-0.05, 0) is 49.8 Å². The average Bonchev–Trinajstić information content (AvgIpc) is 3.22. The first kappa shape index (κ1) is 20.1. The molecule has 0 saturated carbocycles. The minimum absolute atomic E-state index is 0.0754. The van der Waals surface area contributed by atoms with Crippen molar-refractivity contribution in [1.82, 2.24) is 9.21 Å². The van der Waals surface area contributed by atoms with Crippen LogP contribution in [0.3, 0.4) is 0 Å². The Morgan fingerprint density at radius 2 is 1.48 bits per heavy atom. The molecule has 1 atom stereocenters. The quantitative estimate of drug-likeness (QED) is 0.757. The van der Waals surface area contributed by atoms with Crippen LogP contribution in [-0.2, 0) is 21.2 Å². The number of benzene rings is 2. The van der Waals surface area contributed by atoms with Crippen LogP contribution in [0.25, 0.3) is 0 Å². The van der Waals surface area contributed by atoms with Gasteiger partial charge in [-0.1, -0.05) is 48.5 Å². The van der Waals surface area contributed by atoms with Gasteiger partial charge in [-0.15, -0.1) is 0 Å². The first-order valence-corrected chi connectivity index (χ1v) is 11.9. The number of carbonyl (C=O) groups excluding carboxylic acids is 1. The van der Waals surface area contributed by atoms with Gasteiger partial charge in [0, 0.05) is 31.6 Å². The summed E-state index contributed by atoms with van der Waals surface area (Å²) in [5, 5.41) is 0. The summed E-state index contributed by atoms with van der Waals surface area (Å²) >= 11 is 0. The van der Waals surface area contributed by atoms with Crippen LogP contribution in [0.5, 0.6) is 0 Å². The summed E-state index contributed by atoms with van der Waals surface area (Å²) in [7, 11) is -3.47. The molecule has 1 unspecified atom stereocenters. The molecule has 0 bridgehead atoms. The van der Waals surface area contributed by atoms with Gasteiger partial charge < -0.3 is 4.90 Å². The van der Waals surface area contributed by atoms with Crippen LogP contribution >= 0.6 is 0 Å². The monoisotopic (exact) mass is 412 g/mol. The van der Waals surface area contributed by atoms with E-state index in [1.54, 1.807) is 24.3 Å². The lowest BCUT2D eigenvalue weighted by atomic mass is 9.95. The van der Waals surface area contributed by atoms with Gasteiger partial charge in [-0.2, -0.15) is 4.31 Å². The molecule has 0 N–H and O–H groups in total. The maximum absolute atomic E-state index is 13.2. The fourth-order valence-electron chi connectivity index (χ4n) is 4.54. The Hall–Kier alpha value is -2.18. The number of hydrogen-bond donors (Lipinski definition) is 0. The van der Waals surface area contributed by atoms with E-state index in [4.69, 9.17) is 0 Å². The lowest BCUT2D eigenvalue weighted by molar-refractivity contribution is -0.137. The molecule has 4 rings (SSSR count).